The lowest BCUT2D eigenvalue weighted by molar-refractivity contribution is 1.00. The number of benzene rings is 2. The lowest BCUT2D eigenvalue weighted by atomic mass is 10.1. The molecular formula is C25H20N2. The third kappa shape index (κ3) is 2.07. The first-order valence-electron chi connectivity index (χ1n) is 9.69. The lowest BCUT2D eigenvalue weighted by Crippen LogP contribution is -2.24. The standard InChI is InChI=1S/C25H20N2/c1-3-9-17(10-4-1)27-23-14-6-2-5-12-19(23)21-16-15-20-18-11-7-8-13-22(18)26-24(20)25(21)27/h1-6,9-13,15-16,26H,7-8,14H2. The van der Waals surface area contributed by atoms with Crippen molar-refractivity contribution in [1.82, 2.24) is 9.55 Å². The Morgan fingerprint density at radius 2 is 1.70 bits per heavy atom. The molecule has 0 bridgehead atoms. The first-order chi connectivity index (χ1) is 13.4. The normalized spacial score (nSPS) is 15.3. The average molecular weight is 348 g/mol. The number of aromatic amines is 1. The van der Waals surface area contributed by atoms with Gasteiger partial charge in [-0.3, -0.25) is 0 Å². The Hall–Kier alpha value is -3.26. The highest BCUT2D eigenvalue weighted by Gasteiger charge is 2.20. The predicted molar refractivity (Wildman–Crippen MR) is 114 cm³/mol. The second-order valence-corrected chi connectivity index (χ2v) is 7.34. The van der Waals surface area contributed by atoms with Crippen molar-refractivity contribution in [3.8, 4) is 5.69 Å². The highest BCUT2D eigenvalue weighted by molar-refractivity contribution is 6.09. The van der Waals surface area contributed by atoms with Gasteiger partial charge < -0.3 is 9.55 Å². The monoisotopic (exact) mass is 348 g/mol. The largest absolute Gasteiger partial charge is 0.353 e. The van der Waals surface area contributed by atoms with Crippen molar-refractivity contribution in [2.24, 2.45) is 0 Å². The smallest absolute Gasteiger partial charge is 0.0780 e. The molecule has 2 aliphatic carbocycles. The van der Waals surface area contributed by atoms with E-state index in [1.54, 1.807) is 0 Å². The zero-order valence-corrected chi connectivity index (χ0v) is 15.1. The fourth-order valence-electron chi connectivity index (χ4n) is 4.65. The highest BCUT2D eigenvalue weighted by atomic mass is 15.0. The number of H-pyrrole nitrogens is 1. The van der Waals surface area contributed by atoms with E-state index in [9.17, 15) is 0 Å². The maximum Gasteiger partial charge on any atom is 0.0780 e. The molecule has 2 nitrogen and oxygen atoms in total. The van der Waals surface area contributed by atoms with E-state index in [1.165, 1.54) is 49.3 Å². The van der Waals surface area contributed by atoms with Crippen LogP contribution in [0.4, 0.5) is 0 Å². The molecule has 0 spiro atoms. The summed E-state index contributed by atoms with van der Waals surface area (Å²) in [6, 6.07) is 15.3. The van der Waals surface area contributed by atoms with E-state index in [2.05, 4.69) is 88.5 Å². The van der Waals surface area contributed by atoms with Gasteiger partial charge in [0.05, 0.1) is 11.0 Å². The summed E-state index contributed by atoms with van der Waals surface area (Å²) in [5, 5.41) is 5.29. The Labute approximate surface area is 157 Å². The first kappa shape index (κ1) is 14.9. The van der Waals surface area contributed by atoms with Crippen LogP contribution < -0.4 is 10.6 Å². The van der Waals surface area contributed by atoms with Gasteiger partial charge >= 0.3 is 0 Å². The zero-order valence-electron chi connectivity index (χ0n) is 15.1. The van der Waals surface area contributed by atoms with Gasteiger partial charge in [0, 0.05) is 44.7 Å². The molecular weight excluding hydrogens is 328 g/mol. The molecule has 0 saturated heterocycles. The van der Waals surface area contributed by atoms with Crippen LogP contribution in [0.15, 0.2) is 60.7 Å². The summed E-state index contributed by atoms with van der Waals surface area (Å²) in [7, 11) is 0. The molecule has 0 saturated carbocycles. The molecule has 27 heavy (non-hydrogen) atoms. The maximum absolute atomic E-state index is 3.74. The van der Waals surface area contributed by atoms with Crippen molar-refractivity contribution in [2.45, 2.75) is 19.3 Å². The van der Waals surface area contributed by atoms with Crippen LogP contribution >= 0.6 is 0 Å². The molecule has 0 aliphatic heterocycles. The van der Waals surface area contributed by atoms with Gasteiger partial charge in [-0.25, -0.2) is 0 Å². The van der Waals surface area contributed by atoms with E-state index in [-0.39, 0.29) is 0 Å². The van der Waals surface area contributed by atoms with Gasteiger partial charge in [0.1, 0.15) is 0 Å². The van der Waals surface area contributed by atoms with Crippen LogP contribution in [-0.2, 0) is 6.42 Å². The summed E-state index contributed by atoms with van der Waals surface area (Å²) in [5.41, 5.74) is 6.46. The summed E-state index contributed by atoms with van der Waals surface area (Å²) in [6.07, 6.45) is 16.7. The van der Waals surface area contributed by atoms with Crippen LogP contribution in [0.2, 0.25) is 0 Å². The molecule has 2 aromatic heterocycles. The third-order valence-electron chi connectivity index (χ3n) is 5.81. The molecule has 0 fully saturated rings. The second kappa shape index (κ2) is 5.62. The Kier molecular flexibility index (Phi) is 3.09. The number of allylic oxidation sites excluding steroid dienone is 3. The molecule has 2 heteroatoms. The van der Waals surface area contributed by atoms with Crippen molar-refractivity contribution in [3.63, 3.8) is 0 Å². The van der Waals surface area contributed by atoms with Crippen molar-refractivity contribution in [3.05, 3.63) is 82.5 Å². The van der Waals surface area contributed by atoms with E-state index in [4.69, 9.17) is 0 Å². The molecule has 4 aromatic rings. The van der Waals surface area contributed by atoms with Gasteiger partial charge in [-0.05, 0) is 25.0 Å². The molecule has 0 amide bonds. The predicted octanol–water partition coefficient (Wildman–Crippen LogP) is 4.59. The molecule has 2 aromatic carbocycles. The number of nitrogens with one attached hydrogen (secondary N) is 1. The van der Waals surface area contributed by atoms with Gasteiger partial charge in [0.2, 0.25) is 0 Å². The summed E-state index contributed by atoms with van der Waals surface area (Å²) in [6.45, 7) is 0. The van der Waals surface area contributed by atoms with Gasteiger partial charge in [-0.2, -0.15) is 0 Å². The van der Waals surface area contributed by atoms with Crippen LogP contribution in [0, 0.1) is 0 Å². The number of hydrogen-bond acceptors (Lipinski definition) is 0. The Balaban J connectivity index is 1.86. The SMILES string of the molecule is C1=CCc2c(c3ccc4c5c([nH]c4c3n2-c2ccccc2)=CCCC=5)C=C1. The quantitative estimate of drug-likeness (QED) is 0.519. The van der Waals surface area contributed by atoms with Crippen molar-refractivity contribution in [2.75, 3.05) is 0 Å². The molecule has 2 aliphatic rings. The number of aromatic nitrogens is 2. The minimum absolute atomic E-state index is 0.937. The molecule has 6 rings (SSSR count). The first-order valence-corrected chi connectivity index (χ1v) is 9.69. The van der Waals surface area contributed by atoms with Gasteiger partial charge in [0.25, 0.3) is 0 Å². The Morgan fingerprint density at radius 3 is 2.63 bits per heavy atom. The number of rotatable bonds is 1. The van der Waals surface area contributed by atoms with E-state index in [1.807, 2.05) is 0 Å². The maximum atomic E-state index is 3.74. The lowest BCUT2D eigenvalue weighted by Gasteiger charge is -2.11. The van der Waals surface area contributed by atoms with Crippen molar-refractivity contribution < 1.29 is 0 Å². The number of hydrogen-bond donors (Lipinski definition) is 1. The van der Waals surface area contributed by atoms with Gasteiger partial charge in [0.15, 0.2) is 0 Å². The van der Waals surface area contributed by atoms with E-state index >= 15 is 0 Å². The third-order valence-corrected chi connectivity index (χ3v) is 5.81. The topological polar surface area (TPSA) is 20.7 Å². The minimum Gasteiger partial charge on any atom is -0.353 e. The summed E-state index contributed by atoms with van der Waals surface area (Å²) < 4.78 is 2.45. The van der Waals surface area contributed by atoms with Crippen LogP contribution in [-0.4, -0.2) is 9.55 Å². The molecule has 2 heterocycles. The fraction of sp³-hybridized carbons (Fsp3) is 0.120. The van der Waals surface area contributed by atoms with E-state index in [0.29, 0.717) is 0 Å². The Morgan fingerprint density at radius 1 is 0.852 bits per heavy atom. The second-order valence-electron chi connectivity index (χ2n) is 7.34. The Bertz CT molecular complexity index is 1380. The molecule has 0 atom stereocenters. The zero-order chi connectivity index (χ0) is 17.8. The number of para-hydroxylation sites is 1. The van der Waals surface area contributed by atoms with Gasteiger partial charge in [-0.1, -0.05) is 66.8 Å². The average Bonchev–Trinajstić information content (AvgIpc) is 3.14. The number of fused-ring (bicyclic) bond motifs is 7. The van der Waals surface area contributed by atoms with Crippen LogP contribution in [0.1, 0.15) is 24.1 Å². The van der Waals surface area contributed by atoms with Crippen LogP contribution in [0.3, 0.4) is 0 Å². The molecule has 0 radical (unpaired) electrons. The minimum atomic E-state index is 0.937. The molecule has 1 N–H and O–H groups in total. The van der Waals surface area contributed by atoms with E-state index in [0.717, 1.165) is 19.3 Å². The van der Waals surface area contributed by atoms with Crippen LogP contribution in [0.25, 0.3) is 45.7 Å². The highest BCUT2D eigenvalue weighted by Crippen LogP contribution is 2.35. The fourth-order valence-corrected chi connectivity index (χ4v) is 4.65. The summed E-state index contributed by atoms with van der Waals surface area (Å²) >= 11 is 0. The molecule has 130 valence electrons. The number of nitrogens with zero attached hydrogens (tertiary/aromatic N) is 1. The van der Waals surface area contributed by atoms with Crippen molar-refractivity contribution in [1.29, 1.82) is 0 Å². The van der Waals surface area contributed by atoms with Gasteiger partial charge in [-0.15, -0.1) is 0 Å². The van der Waals surface area contributed by atoms with Crippen LogP contribution in [0.5, 0.6) is 0 Å². The van der Waals surface area contributed by atoms with E-state index < -0.39 is 0 Å². The summed E-state index contributed by atoms with van der Waals surface area (Å²) in [5.74, 6) is 0. The van der Waals surface area contributed by atoms with Crippen molar-refractivity contribution >= 4 is 40.0 Å². The molecule has 0 unspecified atom stereocenters. The summed E-state index contributed by atoms with van der Waals surface area (Å²) in [4.78, 5) is 3.74.